The summed E-state index contributed by atoms with van der Waals surface area (Å²) in [7, 11) is 0. The molecule has 1 heterocycles. The molecule has 0 bridgehead atoms. The second kappa shape index (κ2) is 10.4. The number of aryl methyl sites for hydroxylation is 1. The molecule has 4 aromatic rings. The topological polar surface area (TPSA) is 99.6 Å². The molecule has 0 aliphatic rings. The van der Waals surface area contributed by atoms with Crippen molar-refractivity contribution in [2.45, 2.75) is 20.0 Å². The summed E-state index contributed by atoms with van der Waals surface area (Å²) in [5, 5.41) is 16.4. The lowest BCUT2D eigenvalue weighted by Crippen LogP contribution is -2.22. The van der Waals surface area contributed by atoms with E-state index < -0.39 is 10.7 Å². The summed E-state index contributed by atoms with van der Waals surface area (Å²) in [6.45, 7) is 1.60. The van der Waals surface area contributed by atoms with E-state index in [1.54, 1.807) is 30.3 Å². The van der Waals surface area contributed by atoms with E-state index in [4.69, 9.17) is 4.74 Å². The van der Waals surface area contributed by atoms with Gasteiger partial charge in [-0.2, -0.15) is 9.78 Å². The minimum Gasteiger partial charge on any atom is -0.481 e. The number of benzene rings is 3. The van der Waals surface area contributed by atoms with Crippen molar-refractivity contribution in [2.75, 3.05) is 0 Å². The van der Waals surface area contributed by atoms with Crippen LogP contribution in [-0.2, 0) is 13.0 Å². The summed E-state index contributed by atoms with van der Waals surface area (Å²) < 4.78 is 22.1. The Morgan fingerprint density at radius 3 is 2.66 bits per heavy atom. The van der Waals surface area contributed by atoms with Gasteiger partial charge in [0.25, 0.3) is 5.56 Å². The van der Waals surface area contributed by atoms with Crippen LogP contribution in [0.25, 0.3) is 10.9 Å². The van der Waals surface area contributed by atoms with Crippen LogP contribution in [-0.4, -0.2) is 20.8 Å². The van der Waals surface area contributed by atoms with E-state index in [2.05, 4.69) is 41.9 Å². The molecule has 0 unspecified atom stereocenters. The Morgan fingerprint density at radius 1 is 1.17 bits per heavy atom. The first-order valence-corrected chi connectivity index (χ1v) is 12.0. The quantitative estimate of drug-likeness (QED) is 0.147. The number of hydrogen-bond acceptors (Lipinski definition) is 6. The van der Waals surface area contributed by atoms with Crippen molar-refractivity contribution < 1.29 is 14.1 Å². The van der Waals surface area contributed by atoms with Crippen LogP contribution < -0.4 is 10.3 Å². The van der Waals surface area contributed by atoms with Gasteiger partial charge in [-0.15, -0.1) is 0 Å². The molecule has 0 saturated heterocycles. The molecule has 0 radical (unpaired) electrons. The first kappa shape index (κ1) is 24.7. The van der Waals surface area contributed by atoms with Crippen LogP contribution in [0.4, 0.5) is 10.1 Å². The number of halogens is 3. The SMILES string of the molecule is CCc1nc2ccc(Br)cc2c(=O)n1N=Cc1cc(Br)cc([N+](=O)[O-])c1OCc1ccccc1F. The molecule has 0 atom stereocenters. The first-order valence-electron chi connectivity index (χ1n) is 10.4. The fourth-order valence-corrected chi connectivity index (χ4v) is 4.24. The predicted molar refractivity (Wildman–Crippen MR) is 138 cm³/mol. The number of aromatic nitrogens is 2. The monoisotopic (exact) mass is 602 g/mol. The highest BCUT2D eigenvalue weighted by Gasteiger charge is 2.21. The molecule has 178 valence electrons. The lowest BCUT2D eigenvalue weighted by atomic mass is 10.2. The molecule has 0 N–H and O–H groups in total. The van der Waals surface area contributed by atoms with E-state index in [9.17, 15) is 19.3 Å². The predicted octanol–water partition coefficient (Wildman–Crippen LogP) is 5.99. The van der Waals surface area contributed by atoms with Gasteiger partial charge < -0.3 is 4.74 Å². The van der Waals surface area contributed by atoms with E-state index in [1.165, 1.54) is 30.5 Å². The van der Waals surface area contributed by atoms with Gasteiger partial charge in [0.15, 0.2) is 0 Å². The molecule has 0 aliphatic heterocycles. The number of ether oxygens (including phenoxy) is 1. The van der Waals surface area contributed by atoms with Gasteiger partial charge in [-0.3, -0.25) is 14.9 Å². The van der Waals surface area contributed by atoms with Gasteiger partial charge >= 0.3 is 5.69 Å². The standard InChI is InChI=1S/C24H17Br2FN4O4/c1-2-22-29-20-8-7-16(25)10-18(20)24(32)30(22)28-12-15-9-17(26)11-21(31(33)34)23(15)35-13-14-5-3-4-6-19(14)27/h3-12H,2,13H2,1H3. The minimum atomic E-state index is -0.600. The summed E-state index contributed by atoms with van der Waals surface area (Å²) in [5.41, 5.74) is 0.282. The third-order valence-corrected chi connectivity index (χ3v) is 6.04. The van der Waals surface area contributed by atoms with Gasteiger partial charge in [-0.05, 0) is 30.3 Å². The molecule has 11 heteroatoms. The van der Waals surface area contributed by atoms with E-state index in [0.29, 0.717) is 27.6 Å². The lowest BCUT2D eigenvalue weighted by Gasteiger charge is -2.12. The van der Waals surface area contributed by atoms with Gasteiger partial charge in [-0.25, -0.2) is 9.37 Å². The second-order valence-electron chi connectivity index (χ2n) is 7.39. The number of nitro groups is 1. The molecule has 0 fully saturated rings. The maximum absolute atomic E-state index is 14.1. The molecule has 1 aromatic heterocycles. The molecule has 35 heavy (non-hydrogen) atoms. The van der Waals surface area contributed by atoms with Gasteiger partial charge in [0.05, 0.1) is 22.0 Å². The van der Waals surface area contributed by atoms with Crippen molar-refractivity contribution in [2.24, 2.45) is 5.10 Å². The van der Waals surface area contributed by atoms with E-state index in [1.807, 2.05) is 6.92 Å². The zero-order chi connectivity index (χ0) is 25.1. The molecule has 0 spiro atoms. The molecule has 0 aliphatic carbocycles. The van der Waals surface area contributed by atoms with Crippen LogP contribution in [0, 0.1) is 15.9 Å². The van der Waals surface area contributed by atoms with Crippen LogP contribution in [0.5, 0.6) is 5.75 Å². The Balaban J connectivity index is 1.81. The van der Waals surface area contributed by atoms with Crippen LogP contribution >= 0.6 is 31.9 Å². The van der Waals surface area contributed by atoms with Crippen molar-refractivity contribution in [3.63, 3.8) is 0 Å². The van der Waals surface area contributed by atoms with E-state index in [0.717, 1.165) is 9.15 Å². The highest BCUT2D eigenvalue weighted by molar-refractivity contribution is 9.10. The molecule has 3 aromatic carbocycles. The van der Waals surface area contributed by atoms with Crippen LogP contribution in [0.3, 0.4) is 0 Å². The smallest absolute Gasteiger partial charge is 0.312 e. The van der Waals surface area contributed by atoms with Crippen molar-refractivity contribution in [1.29, 1.82) is 0 Å². The number of nitro benzene ring substituents is 1. The number of rotatable bonds is 7. The van der Waals surface area contributed by atoms with Crippen molar-refractivity contribution in [1.82, 2.24) is 9.66 Å². The third-order valence-electron chi connectivity index (χ3n) is 5.09. The first-order chi connectivity index (χ1) is 16.8. The Bertz CT molecular complexity index is 1540. The summed E-state index contributed by atoms with van der Waals surface area (Å²) in [6.07, 6.45) is 1.72. The normalized spacial score (nSPS) is 11.3. The van der Waals surface area contributed by atoms with Crippen LogP contribution in [0.2, 0.25) is 0 Å². The maximum atomic E-state index is 14.1. The fraction of sp³-hybridized carbons (Fsp3) is 0.125. The Hall–Kier alpha value is -3.44. The largest absolute Gasteiger partial charge is 0.481 e. The second-order valence-corrected chi connectivity index (χ2v) is 9.22. The van der Waals surface area contributed by atoms with Gasteiger partial charge in [-0.1, -0.05) is 57.0 Å². The fourth-order valence-electron chi connectivity index (χ4n) is 3.42. The van der Waals surface area contributed by atoms with Gasteiger partial charge in [0, 0.05) is 32.6 Å². The number of nitrogens with zero attached hydrogens (tertiary/aromatic N) is 4. The summed E-state index contributed by atoms with van der Waals surface area (Å²) in [6, 6.07) is 14.0. The highest BCUT2D eigenvalue weighted by Crippen LogP contribution is 2.34. The summed E-state index contributed by atoms with van der Waals surface area (Å²) in [5.74, 6) is -0.179. The van der Waals surface area contributed by atoms with Gasteiger partial charge in [0.1, 0.15) is 18.2 Å². The number of hydrogen-bond donors (Lipinski definition) is 0. The lowest BCUT2D eigenvalue weighted by molar-refractivity contribution is -0.386. The van der Waals surface area contributed by atoms with Crippen LogP contribution in [0.15, 0.2) is 73.4 Å². The molecule has 4 rings (SSSR count). The average molecular weight is 604 g/mol. The molecule has 8 nitrogen and oxygen atoms in total. The average Bonchev–Trinajstić information content (AvgIpc) is 2.83. The minimum absolute atomic E-state index is 0.104. The maximum Gasteiger partial charge on any atom is 0.312 e. The van der Waals surface area contributed by atoms with Gasteiger partial charge in [0.2, 0.25) is 5.75 Å². The van der Waals surface area contributed by atoms with E-state index >= 15 is 0 Å². The Morgan fingerprint density at radius 2 is 1.94 bits per heavy atom. The highest BCUT2D eigenvalue weighted by atomic mass is 79.9. The Labute approximate surface area is 215 Å². The molecule has 0 saturated carbocycles. The number of fused-ring (bicyclic) bond motifs is 1. The summed E-state index contributed by atoms with van der Waals surface area (Å²) >= 11 is 6.62. The third kappa shape index (κ3) is 5.30. The molecular weight excluding hydrogens is 587 g/mol. The van der Waals surface area contributed by atoms with Crippen molar-refractivity contribution in [3.05, 3.63) is 107 Å². The zero-order valence-corrected chi connectivity index (χ0v) is 21.4. The van der Waals surface area contributed by atoms with E-state index in [-0.39, 0.29) is 34.7 Å². The molecular formula is C24H17Br2FN4O4. The van der Waals surface area contributed by atoms with Crippen LogP contribution in [0.1, 0.15) is 23.9 Å². The summed E-state index contributed by atoms with van der Waals surface area (Å²) in [4.78, 5) is 28.8. The zero-order valence-electron chi connectivity index (χ0n) is 18.2. The van der Waals surface area contributed by atoms with Crippen molar-refractivity contribution >= 4 is 54.7 Å². The Kier molecular flexibility index (Phi) is 7.37. The van der Waals surface area contributed by atoms with Crippen molar-refractivity contribution in [3.8, 4) is 5.75 Å². The molecule has 0 amide bonds.